The molecule has 1 aromatic rings. The van der Waals surface area contributed by atoms with Crippen LogP contribution in [-0.2, 0) is 6.18 Å². The topological polar surface area (TPSA) is 79.4 Å². The summed E-state index contributed by atoms with van der Waals surface area (Å²) in [4.78, 5) is 16.4. The second kappa shape index (κ2) is 5.51. The molecule has 1 fully saturated rings. The normalized spacial score (nSPS) is 21.8. The van der Waals surface area contributed by atoms with E-state index < -0.39 is 17.8 Å². The van der Waals surface area contributed by atoms with Crippen molar-refractivity contribution in [1.29, 1.82) is 0 Å². The van der Waals surface area contributed by atoms with Crippen LogP contribution in [0.3, 0.4) is 0 Å². The van der Waals surface area contributed by atoms with Gasteiger partial charge in [0, 0.05) is 13.6 Å². The van der Waals surface area contributed by atoms with Gasteiger partial charge < -0.3 is 15.7 Å². The van der Waals surface area contributed by atoms with Gasteiger partial charge in [-0.3, -0.25) is 4.79 Å². The second-order valence-electron chi connectivity index (χ2n) is 5.30. The number of pyridine rings is 1. The van der Waals surface area contributed by atoms with Crippen LogP contribution in [0.25, 0.3) is 0 Å². The van der Waals surface area contributed by atoms with E-state index >= 15 is 0 Å². The zero-order valence-electron chi connectivity index (χ0n) is 11.4. The van der Waals surface area contributed by atoms with Crippen LogP contribution >= 0.6 is 0 Å². The van der Waals surface area contributed by atoms with Crippen molar-refractivity contribution in [2.75, 3.05) is 18.5 Å². The average Bonchev–Trinajstić information content (AvgIpc) is 2.34. The van der Waals surface area contributed by atoms with Gasteiger partial charge in [-0.25, -0.2) is 4.98 Å². The van der Waals surface area contributed by atoms with Crippen molar-refractivity contribution in [3.05, 3.63) is 23.4 Å². The Morgan fingerprint density at radius 1 is 1.48 bits per heavy atom. The van der Waals surface area contributed by atoms with Crippen LogP contribution in [0.1, 0.15) is 28.9 Å². The van der Waals surface area contributed by atoms with Gasteiger partial charge in [-0.05, 0) is 30.9 Å². The standard InChI is InChI=1S/C13H16F3N3O2/c1-19(6-7-4-8(20)5-7)12-9(11(17)21)2-3-10(18-12)13(14,15)16/h2-3,7-8,20H,4-6H2,1H3,(H2,17,21). The largest absolute Gasteiger partial charge is 0.433 e. The summed E-state index contributed by atoms with van der Waals surface area (Å²) in [7, 11) is 1.56. The molecule has 116 valence electrons. The lowest BCUT2D eigenvalue weighted by molar-refractivity contribution is -0.141. The van der Waals surface area contributed by atoms with Gasteiger partial charge in [0.15, 0.2) is 0 Å². The Hall–Kier alpha value is -1.83. The molecule has 2 rings (SSSR count). The fourth-order valence-electron chi connectivity index (χ4n) is 2.41. The molecule has 0 saturated heterocycles. The van der Waals surface area contributed by atoms with Crippen molar-refractivity contribution in [1.82, 2.24) is 4.98 Å². The van der Waals surface area contributed by atoms with Crippen LogP contribution < -0.4 is 10.6 Å². The highest BCUT2D eigenvalue weighted by molar-refractivity contribution is 5.97. The number of rotatable bonds is 4. The molecule has 8 heteroatoms. The first-order valence-electron chi connectivity index (χ1n) is 6.45. The summed E-state index contributed by atoms with van der Waals surface area (Å²) in [5.74, 6) is -0.743. The summed E-state index contributed by atoms with van der Waals surface area (Å²) in [5.41, 5.74) is 4.07. The highest BCUT2D eigenvalue weighted by atomic mass is 19.4. The number of aliphatic hydroxyl groups excluding tert-OH is 1. The molecule has 0 aromatic carbocycles. The number of carbonyl (C=O) groups excluding carboxylic acids is 1. The molecule has 21 heavy (non-hydrogen) atoms. The third kappa shape index (κ3) is 3.44. The Morgan fingerprint density at radius 2 is 2.10 bits per heavy atom. The Bertz CT molecular complexity index is 542. The van der Waals surface area contributed by atoms with Gasteiger partial charge in [-0.2, -0.15) is 13.2 Å². The summed E-state index contributed by atoms with van der Waals surface area (Å²) >= 11 is 0. The third-order valence-corrected chi connectivity index (χ3v) is 3.54. The number of anilines is 1. The predicted octanol–water partition coefficient (Wildman–Crippen LogP) is 1.41. The number of carbonyl (C=O) groups is 1. The number of primary amides is 1. The van der Waals surface area contributed by atoms with E-state index in [1.54, 1.807) is 7.05 Å². The Morgan fingerprint density at radius 3 is 2.57 bits per heavy atom. The van der Waals surface area contributed by atoms with Crippen molar-refractivity contribution in [2.45, 2.75) is 25.1 Å². The molecular formula is C13H16F3N3O2. The maximum absolute atomic E-state index is 12.7. The van der Waals surface area contributed by atoms with E-state index in [4.69, 9.17) is 5.73 Å². The molecule has 5 nitrogen and oxygen atoms in total. The molecule has 0 spiro atoms. The lowest BCUT2D eigenvalue weighted by atomic mass is 9.82. The first kappa shape index (κ1) is 15.6. The van der Waals surface area contributed by atoms with Crippen molar-refractivity contribution in [3.8, 4) is 0 Å². The summed E-state index contributed by atoms with van der Waals surface area (Å²) in [6.45, 7) is 0.408. The summed E-state index contributed by atoms with van der Waals surface area (Å²) in [5, 5.41) is 9.24. The highest BCUT2D eigenvalue weighted by Crippen LogP contribution is 2.32. The summed E-state index contributed by atoms with van der Waals surface area (Å²) < 4.78 is 38.2. The van der Waals surface area contributed by atoms with E-state index in [1.807, 2.05) is 0 Å². The monoisotopic (exact) mass is 303 g/mol. The van der Waals surface area contributed by atoms with Gasteiger partial charge in [-0.1, -0.05) is 0 Å². The van der Waals surface area contributed by atoms with Crippen LogP contribution in [0.5, 0.6) is 0 Å². The minimum absolute atomic E-state index is 0.0506. The van der Waals surface area contributed by atoms with E-state index in [0.717, 1.165) is 12.1 Å². The number of aliphatic hydroxyl groups is 1. The Kier molecular flexibility index (Phi) is 4.08. The zero-order chi connectivity index (χ0) is 15.8. The van der Waals surface area contributed by atoms with Gasteiger partial charge >= 0.3 is 6.18 Å². The van der Waals surface area contributed by atoms with Gasteiger partial charge in [0.1, 0.15) is 11.5 Å². The summed E-state index contributed by atoms with van der Waals surface area (Å²) in [6.07, 6.45) is -3.75. The molecule has 0 aliphatic heterocycles. The highest BCUT2D eigenvalue weighted by Gasteiger charge is 2.34. The lowest BCUT2D eigenvalue weighted by Gasteiger charge is -2.35. The molecule has 3 N–H and O–H groups in total. The van der Waals surface area contributed by atoms with Crippen molar-refractivity contribution in [2.24, 2.45) is 11.7 Å². The maximum Gasteiger partial charge on any atom is 0.433 e. The van der Waals surface area contributed by atoms with Crippen molar-refractivity contribution < 1.29 is 23.1 Å². The fourth-order valence-corrected chi connectivity index (χ4v) is 2.41. The van der Waals surface area contributed by atoms with Crippen LogP contribution in [-0.4, -0.2) is 35.7 Å². The quantitative estimate of drug-likeness (QED) is 0.881. The van der Waals surface area contributed by atoms with Gasteiger partial charge in [0.05, 0.1) is 11.7 Å². The van der Waals surface area contributed by atoms with Crippen LogP contribution in [0, 0.1) is 5.92 Å². The minimum atomic E-state index is -4.58. The Labute approximate surface area is 119 Å². The van der Waals surface area contributed by atoms with Gasteiger partial charge in [-0.15, -0.1) is 0 Å². The number of nitrogens with two attached hydrogens (primary N) is 1. The molecule has 0 unspecified atom stereocenters. The predicted molar refractivity (Wildman–Crippen MR) is 69.8 cm³/mol. The number of hydrogen-bond donors (Lipinski definition) is 2. The molecular weight excluding hydrogens is 287 g/mol. The number of nitrogens with zero attached hydrogens (tertiary/aromatic N) is 2. The molecule has 0 radical (unpaired) electrons. The van der Waals surface area contributed by atoms with Gasteiger partial charge in [0.25, 0.3) is 5.91 Å². The number of alkyl halides is 3. The molecule has 0 bridgehead atoms. The average molecular weight is 303 g/mol. The Balaban J connectivity index is 2.27. The van der Waals surface area contributed by atoms with Gasteiger partial charge in [0.2, 0.25) is 0 Å². The fraction of sp³-hybridized carbons (Fsp3) is 0.538. The number of aromatic nitrogens is 1. The molecule has 1 heterocycles. The van der Waals surface area contributed by atoms with Crippen molar-refractivity contribution in [3.63, 3.8) is 0 Å². The molecule has 1 aromatic heterocycles. The van der Waals surface area contributed by atoms with E-state index in [9.17, 15) is 23.1 Å². The van der Waals surface area contributed by atoms with Crippen LogP contribution in [0.4, 0.5) is 19.0 Å². The molecule has 0 atom stereocenters. The third-order valence-electron chi connectivity index (χ3n) is 3.54. The molecule has 1 saturated carbocycles. The van der Waals surface area contributed by atoms with E-state index in [1.165, 1.54) is 4.90 Å². The zero-order valence-corrected chi connectivity index (χ0v) is 11.4. The number of hydrogen-bond acceptors (Lipinski definition) is 4. The van der Waals surface area contributed by atoms with Crippen LogP contribution in [0.15, 0.2) is 12.1 Å². The first-order valence-corrected chi connectivity index (χ1v) is 6.45. The van der Waals surface area contributed by atoms with Crippen molar-refractivity contribution >= 4 is 11.7 Å². The molecule has 1 aliphatic carbocycles. The lowest BCUT2D eigenvalue weighted by Crippen LogP contribution is -2.38. The summed E-state index contributed by atoms with van der Waals surface area (Å²) in [6, 6.07) is 1.78. The smallest absolute Gasteiger partial charge is 0.393 e. The van der Waals surface area contributed by atoms with E-state index in [2.05, 4.69) is 4.98 Å². The maximum atomic E-state index is 12.7. The SMILES string of the molecule is CN(CC1CC(O)C1)c1nc(C(F)(F)F)ccc1C(N)=O. The first-order chi connectivity index (χ1) is 9.68. The minimum Gasteiger partial charge on any atom is -0.393 e. The number of amides is 1. The number of halogens is 3. The second-order valence-corrected chi connectivity index (χ2v) is 5.30. The molecule has 1 amide bonds. The molecule has 1 aliphatic rings. The van der Waals surface area contributed by atoms with E-state index in [-0.39, 0.29) is 23.4 Å². The van der Waals surface area contributed by atoms with E-state index in [0.29, 0.717) is 19.4 Å². The van der Waals surface area contributed by atoms with Crippen LogP contribution in [0.2, 0.25) is 0 Å².